The van der Waals surface area contributed by atoms with Crippen LogP contribution in [0.3, 0.4) is 0 Å². The molecule has 8 nitrogen and oxygen atoms in total. The molecule has 0 spiro atoms. The van der Waals surface area contributed by atoms with Gasteiger partial charge in [-0.15, -0.1) is 24.0 Å². The SMILES string of the molecule is COc1ccc(CN=C(NCC(=O)N(C)C)N2CCN(c3cccc(OC)c3)CC2)cc1.I. The largest absolute Gasteiger partial charge is 0.497 e. The molecular formula is C24H34IN5O3. The summed E-state index contributed by atoms with van der Waals surface area (Å²) >= 11 is 0. The highest BCUT2D eigenvalue weighted by Gasteiger charge is 2.21. The third-order valence-corrected chi connectivity index (χ3v) is 5.46. The number of halogens is 1. The number of nitrogens with one attached hydrogen (secondary N) is 1. The van der Waals surface area contributed by atoms with E-state index < -0.39 is 0 Å². The van der Waals surface area contributed by atoms with Gasteiger partial charge in [0, 0.05) is 52.0 Å². The number of aliphatic imine (C=N–C) groups is 1. The second kappa shape index (κ2) is 13.1. The third kappa shape index (κ3) is 7.69. The third-order valence-electron chi connectivity index (χ3n) is 5.46. The molecule has 1 N–H and O–H groups in total. The normalized spacial score (nSPS) is 13.8. The molecule has 1 amide bonds. The highest BCUT2D eigenvalue weighted by Crippen LogP contribution is 2.22. The maximum Gasteiger partial charge on any atom is 0.241 e. The van der Waals surface area contributed by atoms with Crippen LogP contribution >= 0.6 is 24.0 Å². The fraction of sp³-hybridized carbons (Fsp3) is 0.417. The van der Waals surface area contributed by atoms with E-state index in [1.807, 2.05) is 36.4 Å². The predicted octanol–water partition coefficient (Wildman–Crippen LogP) is 2.68. The molecule has 1 aliphatic heterocycles. The van der Waals surface area contributed by atoms with Gasteiger partial charge in [-0.05, 0) is 29.8 Å². The molecule has 9 heteroatoms. The summed E-state index contributed by atoms with van der Waals surface area (Å²) in [5, 5.41) is 3.26. The first kappa shape index (κ1) is 26.6. The monoisotopic (exact) mass is 567 g/mol. The molecule has 1 aliphatic rings. The Morgan fingerprint density at radius 3 is 2.27 bits per heavy atom. The zero-order valence-electron chi connectivity index (χ0n) is 19.8. The number of carbonyl (C=O) groups excluding carboxylic acids is 1. The number of benzene rings is 2. The summed E-state index contributed by atoms with van der Waals surface area (Å²) in [6.07, 6.45) is 0. The first-order valence-corrected chi connectivity index (χ1v) is 10.8. The smallest absolute Gasteiger partial charge is 0.241 e. The van der Waals surface area contributed by atoms with E-state index in [0.29, 0.717) is 6.54 Å². The summed E-state index contributed by atoms with van der Waals surface area (Å²) in [6.45, 7) is 4.07. The second-order valence-electron chi connectivity index (χ2n) is 7.81. The van der Waals surface area contributed by atoms with Crippen molar-refractivity contribution in [1.82, 2.24) is 15.1 Å². The fourth-order valence-corrected chi connectivity index (χ4v) is 3.46. The highest BCUT2D eigenvalue weighted by molar-refractivity contribution is 14.0. The molecule has 1 heterocycles. The van der Waals surface area contributed by atoms with Crippen molar-refractivity contribution in [3.05, 3.63) is 54.1 Å². The molecule has 0 unspecified atom stereocenters. The Hall–Kier alpha value is -2.69. The Balaban J connectivity index is 0.00000385. The van der Waals surface area contributed by atoms with Crippen molar-refractivity contribution in [3.63, 3.8) is 0 Å². The van der Waals surface area contributed by atoms with Crippen LogP contribution in [0, 0.1) is 0 Å². The maximum absolute atomic E-state index is 12.1. The van der Waals surface area contributed by atoms with E-state index in [9.17, 15) is 4.79 Å². The van der Waals surface area contributed by atoms with E-state index in [1.165, 1.54) is 0 Å². The molecular weight excluding hydrogens is 533 g/mol. The topological polar surface area (TPSA) is 69.6 Å². The van der Waals surface area contributed by atoms with Gasteiger partial charge >= 0.3 is 0 Å². The Morgan fingerprint density at radius 2 is 1.67 bits per heavy atom. The Labute approximate surface area is 213 Å². The minimum Gasteiger partial charge on any atom is -0.497 e. The van der Waals surface area contributed by atoms with E-state index in [-0.39, 0.29) is 36.4 Å². The number of amides is 1. The molecule has 0 aromatic heterocycles. The summed E-state index contributed by atoms with van der Waals surface area (Å²) in [6, 6.07) is 16.0. The van der Waals surface area contributed by atoms with Crippen molar-refractivity contribution in [3.8, 4) is 11.5 Å². The van der Waals surface area contributed by atoms with E-state index >= 15 is 0 Å². The Morgan fingerprint density at radius 1 is 1.00 bits per heavy atom. The number of nitrogens with zero attached hydrogens (tertiary/aromatic N) is 4. The molecule has 0 aliphatic carbocycles. The minimum atomic E-state index is 0. The zero-order chi connectivity index (χ0) is 22.9. The summed E-state index contributed by atoms with van der Waals surface area (Å²) in [5.41, 5.74) is 2.23. The molecule has 2 aromatic rings. The molecule has 33 heavy (non-hydrogen) atoms. The van der Waals surface area contributed by atoms with Crippen molar-refractivity contribution >= 4 is 41.5 Å². The molecule has 3 rings (SSSR count). The van der Waals surface area contributed by atoms with Crippen molar-refractivity contribution in [2.75, 3.05) is 65.9 Å². The average molecular weight is 567 g/mol. The zero-order valence-corrected chi connectivity index (χ0v) is 22.1. The van der Waals surface area contributed by atoms with Crippen LogP contribution in [-0.2, 0) is 11.3 Å². The summed E-state index contributed by atoms with van der Waals surface area (Å²) in [4.78, 5) is 23.1. The molecule has 1 saturated heterocycles. The van der Waals surface area contributed by atoms with E-state index in [0.717, 1.165) is 54.9 Å². The molecule has 180 valence electrons. The lowest BCUT2D eigenvalue weighted by Gasteiger charge is -2.38. The van der Waals surface area contributed by atoms with Crippen LogP contribution in [0.1, 0.15) is 5.56 Å². The maximum atomic E-state index is 12.1. The van der Waals surface area contributed by atoms with Crippen LogP contribution in [0.15, 0.2) is 53.5 Å². The quantitative estimate of drug-likeness (QED) is 0.316. The molecule has 0 bridgehead atoms. The van der Waals surface area contributed by atoms with Crippen LogP contribution < -0.4 is 19.7 Å². The first-order valence-electron chi connectivity index (χ1n) is 10.8. The number of guanidine groups is 1. The molecule has 1 fully saturated rings. The van der Waals surface area contributed by atoms with Gasteiger partial charge in [0.2, 0.25) is 5.91 Å². The number of piperazine rings is 1. The van der Waals surface area contributed by atoms with Gasteiger partial charge < -0.3 is 29.5 Å². The average Bonchev–Trinajstić information content (AvgIpc) is 2.84. The summed E-state index contributed by atoms with van der Waals surface area (Å²) in [5.74, 6) is 2.44. The second-order valence-corrected chi connectivity index (χ2v) is 7.81. The van der Waals surface area contributed by atoms with Gasteiger partial charge in [-0.1, -0.05) is 18.2 Å². The minimum absolute atomic E-state index is 0. The van der Waals surface area contributed by atoms with Crippen LogP contribution in [0.5, 0.6) is 11.5 Å². The van der Waals surface area contributed by atoms with Gasteiger partial charge in [0.15, 0.2) is 5.96 Å². The Kier molecular flexibility index (Phi) is 10.6. The predicted molar refractivity (Wildman–Crippen MR) is 143 cm³/mol. The molecule has 0 saturated carbocycles. The van der Waals surface area contributed by atoms with Crippen molar-refractivity contribution < 1.29 is 14.3 Å². The van der Waals surface area contributed by atoms with Gasteiger partial charge in [0.25, 0.3) is 0 Å². The highest BCUT2D eigenvalue weighted by atomic mass is 127. The number of hydrogen-bond acceptors (Lipinski definition) is 5. The van der Waals surface area contributed by atoms with Gasteiger partial charge in [0.1, 0.15) is 11.5 Å². The van der Waals surface area contributed by atoms with Crippen LogP contribution in [-0.4, -0.2) is 82.7 Å². The van der Waals surface area contributed by atoms with Crippen LogP contribution in [0.25, 0.3) is 0 Å². The Bertz CT molecular complexity index is 913. The first-order chi connectivity index (χ1) is 15.5. The fourth-order valence-electron chi connectivity index (χ4n) is 3.46. The lowest BCUT2D eigenvalue weighted by atomic mass is 10.2. The molecule has 2 aromatic carbocycles. The number of methoxy groups -OCH3 is 2. The lowest BCUT2D eigenvalue weighted by molar-refractivity contribution is -0.127. The van der Waals surface area contributed by atoms with Gasteiger partial charge in [-0.3, -0.25) is 4.79 Å². The van der Waals surface area contributed by atoms with Crippen molar-refractivity contribution in [2.45, 2.75) is 6.54 Å². The number of likely N-dealkylation sites (N-methyl/N-ethyl adjacent to an activating group) is 1. The van der Waals surface area contributed by atoms with E-state index in [4.69, 9.17) is 14.5 Å². The summed E-state index contributed by atoms with van der Waals surface area (Å²) < 4.78 is 10.6. The van der Waals surface area contributed by atoms with E-state index in [2.05, 4.69) is 27.2 Å². The van der Waals surface area contributed by atoms with Crippen LogP contribution in [0.4, 0.5) is 5.69 Å². The molecule has 0 atom stereocenters. The van der Waals surface area contributed by atoms with Gasteiger partial charge in [-0.25, -0.2) is 4.99 Å². The number of ether oxygens (including phenoxy) is 2. The van der Waals surface area contributed by atoms with Crippen molar-refractivity contribution in [2.24, 2.45) is 4.99 Å². The van der Waals surface area contributed by atoms with Gasteiger partial charge in [0.05, 0.1) is 27.3 Å². The number of rotatable bonds is 7. The lowest BCUT2D eigenvalue weighted by Crippen LogP contribution is -2.53. The number of anilines is 1. The number of carbonyl (C=O) groups is 1. The van der Waals surface area contributed by atoms with E-state index in [1.54, 1.807) is 33.2 Å². The summed E-state index contributed by atoms with van der Waals surface area (Å²) in [7, 11) is 6.85. The van der Waals surface area contributed by atoms with Crippen molar-refractivity contribution in [1.29, 1.82) is 0 Å². The standard InChI is InChI=1S/C24H33N5O3.HI/c1-27(2)23(30)18-26-24(25-17-19-8-10-21(31-3)11-9-19)29-14-12-28(13-15-29)20-6-5-7-22(16-20)32-4;/h5-11,16H,12-15,17-18H2,1-4H3,(H,25,26);1H. The van der Waals surface area contributed by atoms with Gasteiger partial charge in [-0.2, -0.15) is 0 Å². The van der Waals surface area contributed by atoms with Crippen LogP contribution in [0.2, 0.25) is 0 Å². The number of hydrogen-bond donors (Lipinski definition) is 1. The molecule has 0 radical (unpaired) electrons.